The van der Waals surface area contributed by atoms with Gasteiger partial charge in [0.25, 0.3) is 0 Å². The predicted molar refractivity (Wildman–Crippen MR) is 147 cm³/mol. The number of nitrogens with two attached hydrogens (primary N) is 2. The fourth-order valence-corrected chi connectivity index (χ4v) is 4.30. The van der Waals surface area contributed by atoms with Crippen LogP contribution in [0.25, 0.3) is 0 Å². The number of guanidine groups is 1. The number of hydrogen-bond donors (Lipinski definition) is 7. The van der Waals surface area contributed by atoms with Gasteiger partial charge in [-0.2, -0.15) is 0 Å². The maximum Gasteiger partial charge on any atom is 0.451 e. The Kier molecular flexibility index (Phi) is 12.5. The molecule has 1 aliphatic rings. The quantitative estimate of drug-likeness (QED) is 0.0752. The van der Waals surface area contributed by atoms with E-state index in [9.17, 15) is 34.3 Å². The first-order valence-corrected chi connectivity index (χ1v) is 13.2. The van der Waals surface area contributed by atoms with Crippen molar-refractivity contribution >= 4 is 37.1 Å². The number of amides is 3. The Morgan fingerprint density at radius 3 is 2.15 bits per heavy atom. The van der Waals surface area contributed by atoms with E-state index in [0.29, 0.717) is 6.42 Å². The van der Waals surface area contributed by atoms with E-state index in [1.807, 2.05) is 0 Å². The first-order chi connectivity index (χ1) is 18.2. The third-order valence-corrected chi connectivity index (χ3v) is 5.81. The maximum absolute atomic E-state index is 13.8. The van der Waals surface area contributed by atoms with E-state index in [1.165, 1.54) is 4.90 Å². The van der Waals surface area contributed by atoms with Crippen molar-refractivity contribution in [3.63, 3.8) is 0 Å². The molecule has 1 aliphatic heterocycles. The molecule has 0 radical (unpaired) electrons. The second-order valence-electron chi connectivity index (χ2n) is 12.0. The first kappa shape index (κ1) is 34.8. The molecule has 16 heteroatoms. The number of nitrogens with zero attached hydrogens (tertiary/aromatic N) is 2. The number of likely N-dealkylation sites (tertiary alicyclic amines) is 1. The summed E-state index contributed by atoms with van der Waals surface area (Å²) in [4.78, 5) is 56.7. The number of carbonyl (C=O) groups excluding carboxylic acids is 3. The lowest BCUT2D eigenvalue weighted by molar-refractivity contribution is -0.152. The van der Waals surface area contributed by atoms with Crippen molar-refractivity contribution in [3.8, 4) is 0 Å². The molecule has 1 saturated heterocycles. The van der Waals surface area contributed by atoms with Crippen molar-refractivity contribution in [1.29, 1.82) is 0 Å². The van der Waals surface area contributed by atoms with Gasteiger partial charge in [0.05, 0.1) is 6.54 Å². The highest BCUT2D eigenvalue weighted by Crippen LogP contribution is 2.31. The lowest BCUT2D eigenvalue weighted by Gasteiger charge is -2.45. The Morgan fingerprint density at radius 2 is 1.65 bits per heavy atom. The summed E-state index contributed by atoms with van der Waals surface area (Å²) in [6, 6.07) is -1.13. The van der Waals surface area contributed by atoms with E-state index in [1.54, 1.807) is 41.5 Å². The average Bonchev–Trinajstić information content (AvgIpc) is 2.76. The van der Waals surface area contributed by atoms with E-state index < -0.39 is 66.4 Å². The van der Waals surface area contributed by atoms with Gasteiger partial charge in [-0.25, -0.2) is 14.4 Å². The van der Waals surface area contributed by atoms with Crippen LogP contribution in [0.4, 0.5) is 9.59 Å². The summed E-state index contributed by atoms with van der Waals surface area (Å²) in [6.45, 7) is 9.67. The molecule has 1 rings (SSSR count). The zero-order valence-electron chi connectivity index (χ0n) is 24.2. The Bertz CT molecular complexity index is 931. The standard InChI is InChI=1S/C24H45BN6O9/c1-22(2,3)39-20(35)29-16(8-7-11-28-19(26)27)17(32)31-13-15(9-10-25(37)38)12-24(14-31,18(33)34)30-21(36)40-23(4,5)6/h15-16,37-38H,7-14H2,1-6H3,(H,29,35)(H,30,36)(H,33,34)(H4,26,27,28)/t15-,16?,24+/m0/s1. The van der Waals surface area contributed by atoms with Crippen LogP contribution in [-0.4, -0.2) is 99.6 Å². The minimum Gasteiger partial charge on any atom is -0.479 e. The number of nitrogens with one attached hydrogen (secondary N) is 2. The van der Waals surface area contributed by atoms with Crippen molar-refractivity contribution in [2.24, 2.45) is 22.4 Å². The molecule has 0 aromatic carbocycles. The molecule has 1 unspecified atom stereocenters. The predicted octanol–water partition coefficient (Wildman–Crippen LogP) is -0.00720. The molecule has 40 heavy (non-hydrogen) atoms. The lowest BCUT2D eigenvalue weighted by atomic mass is 9.75. The Balaban J connectivity index is 3.33. The van der Waals surface area contributed by atoms with Gasteiger partial charge in [-0.05, 0) is 73.0 Å². The summed E-state index contributed by atoms with van der Waals surface area (Å²) in [5, 5.41) is 34.0. The third kappa shape index (κ3) is 12.7. The molecule has 0 aromatic rings. The van der Waals surface area contributed by atoms with Crippen molar-refractivity contribution in [3.05, 3.63) is 0 Å². The number of rotatable bonds is 11. The number of ether oxygens (including phenoxy) is 2. The van der Waals surface area contributed by atoms with E-state index in [-0.39, 0.29) is 44.6 Å². The Hall–Kier alpha value is -3.27. The fraction of sp³-hybridized carbons (Fsp3) is 0.792. The second-order valence-corrected chi connectivity index (χ2v) is 12.0. The molecule has 0 spiro atoms. The summed E-state index contributed by atoms with van der Waals surface area (Å²) in [5.74, 6) is -2.67. The van der Waals surface area contributed by atoms with Crippen molar-refractivity contribution in [2.75, 3.05) is 19.6 Å². The van der Waals surface area contributed by atoms with Gasteiger partial charge in [0.1, 0.15) is 17.2 Å². The van der Waals surface area contributed by atoms with Crippen molar-refractivity contribution in [2.45, 2.75) is 96.3 Å². The number of alkyl carbamates (subject to hydrolysis) is 2. The number of aliphatic imine (C=N–C) groups is 1. The van der Waals surface area contributed by atoms with E-state index in [2.05, 4.69) is 15.6 Å². The zero-order chi connectivity index (χ0) is 30.9. The number of carboxylic acids is 1. The van der Waals surface area contributed by atoms with Crippen LogP contribution in [0.3, 0.4) is 0 Å². The van der Waals surface area contributed by atoms with Crippen LogP contribution in [0.2, 0.25) is 6.32 Å². The van der Waals surface area contributed by atoms with Gasteiger partial charge >= 0.3 is 25.3 Å². The largest absolute Gasteiger partial charge is 0.479 e. The molecular formula is C24H45BN6O9. The molecular weight excluding hydrogens is 527 g/mol. The number of hydrogen-bond acceptors (Lipinski definition) is 9. The molecule has 1 fully saturated rings. The smallest absolute Gasteiger partial charge is 0.451 e. The lowest BCUT2D eigenvalue weighted by Crippen LogP contribution is -2.67. The number of piperidine rings is 1. The van der Waals surface area contributed by atoms with Crippen molar-refractivity contribution < 1.29 is 43.8 Å². The molecule has 0 saturated carbocycles. The second kappa shape index (κ2) is 14.4. The molecule has 228 valence electrons. The zero-order valence-corrected chi connectivity index (χ0v) is 24.2. The summed E-state index contributed by atoms with van der Waals surface area (Å²) in [7, 11) is -1.64. The van der Waals surface area contributed by atoms with Gasteiger partial charge in [-0.15, -0.1) is 0 Å². The SMILES string of the molecule is CC(C)(C)OC(=O)NC(CCCN=C(N)N)C(=O)N1C[C@@H](CCB(O)O)C[C@](NC(=O)OC(C)(C)C)(C(=O)O)C1. The van der Waals surface area contributed by atoms with E-state index >= 15 is 0 Å². The Morgan fingerprint density at radius 1 is 1.07 bits per heavy atom. The maximum atomic E-state index is 13.8. The van der Waals surface area contributed by atoms with Gasteiger partial charge in [0.2, 0.25) is 5.91 Å². The van der Waals surface area contributed by atoms with Crippen LogP contribution in [0.15, 0.2) is 4.99 Å². The molecule has 0 aromatic heterocycles. The van der Waals surface area contributed by atoms with Crippen LogP contribution in [0.5, 0.6) is 0 Å². The number of carboxylic acid groups (broad SMARTS) is 1. The normalized spacial score (nSPS) is 20.1. The molecule has 0 bridgehead atoms. The summed E-state index contributed by atoms with van der Waals surface area (Å²) in [5.41, 5.74) is 7.04. The Labute approximate surface area is 235 Å². The molecule has 15 nitrogen and oxygen atoms in total. The van der Waals surface area contributed by atoms with Crippen LogP contribution in [0, 0.1) is 5.92 Å². The van der Waals surface area contributed by atoms with Crippen LogP contribution in [-0.2, 0) is 19.1 Å². The summed E-state index contributed by atoms with van der Waals surface area (Å²) in [6.07, 6.45) is -1.43. The highest BCUT2D eigenvalue weighted by Gasteiger charge is 2.49. The summed E-state index contributed by atoms with van der Waals surface area (Å²) >= 11 is 0. The number of carbonyl (C=O) groups is 4. The van der Waals surface area contributed by atoms with Crippen molar-refractivity contribution in [1.82, 2.24) is 15.5 Å². The van der Waals surface area contributed by atoms with Crippen LogP contribution < -0.4 is 22.1 Å². The highest BCUT2D eigenvalue weighted by atomic mass is 16.6. The molecule has 3 atom stereocenters. The molecule has 0 aliphatic carbocycles. The molecule has 9 N–H and O–H groups in total. The van der Waals surface area contributed by atoms with Gasteiger partial charge in [-0.3, -0.25) is 9.79 Å². The molecule has 3 amide bonds. The van der Waals surface area contributed by atoms with Gasteiger partial charge in [0.15, 0.2) is 11.5 Å². The van der Waals surface area contributed by atoms with Gasteiger partial charge < -0.3 is 51.6 Å². The van der Waals surface area contributed by atoms with Gasteiger partial charge in [-0.1, -0.05) is 6.42 Å². The third-order valence-electron chi connectivity index (χ3n) is 5.81. The highest BCUT2D eigenvalue weighted by molar-refractivity contribution is 6.40. The minimum atomic E-state index is -1.93. The van der Waals surface area contributed by atoms with Gasteiger partial charge in [0, 0.05) is 13.1 Å². The average molecular weight is 572 g/mol. The van der Waals surface area contributed by atoms with E-state index in [4.69, 9.17) is 20.9 Å². The van der Waals surface area contributed by atoms with E-state index in [0.717, 1.165) is 0 Å². The monoisotopic (exact) mass is 572 g/mol. The topological polar surface area (TPSA) is 239 Å². The van der Waals surface area contributed by atoms with Crippen LogP contribution in [0.1, 0.15) is 67.2 Å². The van der Waals surface area contributed by atoms with Crippen LogP contribution >= 0.6 is 0 Å². The first-order valence-electron chi connectivity index (χ1n) is 13.2. The molecule has 1 heterocycles. The minimum absolute atomic E-state index is 0.0526. The fourth-order valence-electron chi connectivity index (χ4n) is 4.30. The summed E-state index contributed by atoms with van der Waals surface area (Å²) < 4.78 is 10.6. The number of aliphatic carboxylic acids is 1.